The molecule has 0 bridgehead atoms. The Labute approximate surface area is 112 Å². The molecule has 0 aliphatic heterocycles. The first-order chi connectivity index (χ1) is 8.56. The maximum absolute atomic E-state index is 9.37. The Morgan fingerprint density at radius 1 is 1.28 bits per heavy atom. The zero-order chi connectivity index (χ0) is 13.1. The number of aliphatic hydroxyl groups excluding tert-OH is 1. The molecule has 0 saturated heterocycles. The fourth-order valence-corrected chi connectivity index (χ4v) is 3.13. The van der Waals surface area contributed by atoms with Crippen molar-refractivity contribution in [2.24, 2.45) is 0 Å². The maximum Gasteiger partial charge on any atom is 0.111 e. The fourth-order valence-electron chi connectivity index (χ4n) is 2.15. The standard InChI is InChI=1S/C14H20N2OS/c1-9(8-10(2)17)15-11(3)14-16-12-6-4-5-7-13(12)18-14/h4-7,9-11,15,17H,8H2,1-3H3. The van der Waals surface area contributed by atoms with Crippen LogP contribution in [0.4, 0.5) is 0 Å². The summed E-state index contributed by atoms with van der Waals surface area (Å²) in [4.78, 5) is 4.64. The third-order valence-electron chi connectivity index (χ3n) is 2.91. The van der Waals surface area contributed by atoms with E-state index in [1.54, 1.807) is 11.3 Å². The Bertz CT molecular complexity index is 476. The van der Waals surface area contributed by atoms with E-state index >= 15 is 0 Å². The first-order valence-electron chi connectivity index (χ1n) is 6.36. The van der Waals surface area contributed by atoms with Gasteiger partial charge in [0.1, 0.15) is 5.01 Å². The number of nitrogens with zero attached hydrogens (tertiary/aromatic N) is 1. The van der Waals surface area contributed by atoms with Crippen LogP contribution in [0.2, 0.25) is 0 Å². The Morgan fingerprint density at radius 3 is 2.67 bits per heavy atom. The number of aliphatic hydroxyl groups is 1. The van der Waals surface area contributed by atoms with Gasteiger partial charge in [-0.1, -0.05) is 12.1 Å². The molecule has 3 nitrogen and oxygen atoms in total. The molecule has 1 aromatic heterocycles. The number of benzene rings is 1. The lowest BCUT2D eigenvalue weighted by atomic mass is 10.1. The van der Waals surface area contributed by atoms with Crippen LogP contribution >= 0.6 is 11.3 Å². The molecule has 1 heterocycles. The fraction of sp³-hybridized carbons (Fsp3) is 0.500. The van der Waals surface area contributed by atoms with Gasteiger partial charge < -0.3 is 10.4 Å². The van der Waals surface area contributed by atoms with Gasteiger partial charge in [-0.05, 0) is 39.3 Å². The van der Waals surface area contributed by atoms with Crippen molar-refractivity contribution in [1.82, 2.24) is 10.3 Å². The summed E-state index contributed by atoms with van der Waals surface area (Å²) >= 11 is 1.73. The number of aromatic nitrogens is 1. The van der Waals surface area contributed by atoms with Gasteiger partial charge in [0.15, 0.2) is 0 Å². The van der Waals surface area contributed by atoms with Gasteiger partial charge in [-0.25, -0.2) is 4.98 Å². The van der Waals surface area contributed by atoms with Crippen molar-refractivity contribution < 1.29 is 5.11 Å². The lowest BCUT2D eigenvalue weighted by Gasteiger charge is -2.19. The minimum absolute atomic E-state index is 0.219. The van der Waals surface area contributed by atoms with Gasteiger partial charge in [-0.3, -0.25) is 0 Å². The molecule has 4 heteroatoms. The van der Waals surface area contributed by atoms with Crippen molar-refractivity contribution in [1.29, 1.82) is 0 Å². The second-order valence-electron chi connectivity index (χ2n) is 4.89. The van der Waals surface area contributed by atoms with Gasteiger partial charge in [0, 0.05) is 6.04 Å². The second kappa shape index (κ2) is 5.78. The Balaban J connectivity index is 2.06. The molecular formula is C14H20N2OS. The van der Waals surface area contributed by atoms with Crippen LogP contribution in [0.1, 0.15) is 38.2 Å². The number of nitrogens with one attached hydrogen (secondary N) is 1. The van der Waals surface area contributed by atoms with Gasteiger partial charge in [0.2, 0.25) is 0 Å². The summed E-state index contributed by atoms with van der Waals surface area (Å²) in [6.45, 7) is 6.04. The van der Waals surface area contributed by atoms with Crippen LogP contribution in [0.5, 0.6) is 0 Å². The number of fused-ring (bicyclic) bond motifs is 1. The number of para-hydroxylation sites is 1. The quantitative estimate of drug-likeness (QED) is 0.872. The summed E-state index contributed by atoms with van der Waals surface area (Å²) in [5.74, 6) is 0. The highest BCUT2D eigenvalue weighted by Gasteiger charge is 2.14. The molecule has 0 spiro atoms. The monoisotopic (exact) mass is 264 g/mol. The third kappa shape index (κ3) is 3.28. The van der Waals surface area contributed by atoms with E-state index in [0.29, 0.717) is 0 Å². The zero-order valence-corrected chi connectivity index (χ0v) is 11.9. The molecule has 0 saturated carbocycles. The third-order valence-corrected chi connectivity index (χ3v) is 4.13. The Kier molecular flexibility index (Phi) is 4.32. The molecule has 0 aliphatic carbocycles. The first-order valence-corrected chi connectivity index (χ1v) is 7.17. The van der Waals surface area contributed by atoms with Crippen LogP contribution in [0.25, 0.3) is 10.2 Å². The predicted molar refractivity (Wildman–Crippen MR) is 76.9 cm³/mol. The highest BCUT2D eigenvalue weighted by molar-refractivity contribution is 7.18. The van der Waals surface area contributed by atoms with E-state index in [1.165, 1.54) is 4.70 Å². The van der Waals surface area contributed by atoms with Crippen molar-refractivity contribution in [2.75, 3.05) is 0 Å². The van der Waals surface area contributed by atoms with Crippen LogP contribution in [-0.4, -0.2) is 22.2 Å². The van der Waals surface area contributed by atoms with Crippen LogP contribution in [0.15, 0.2) is 24.3 Å². The van der Waals surface area contributed by atoms with Crippen LogP contribution in [0, 0.1) is 0 Å². The smallest absolute Gasteiger partial charge is 0.111 e. The molecule has 0 fully saturated rings. The lowest BCUT2D eigenvalue weighted by molar-refractivity contribution is 0.168. The summed E-state index contributed by atoms with van der Waals surface area (Å²) in [5.41, 5.74) is 1.06. The Morgan fingerprint density at radius 2 is 2.00 bits per heavy atom. The lowest BCUT2D eigenvalue weighted by Crippen LogP contribution is -2.31. The van der Waals surface area contributed by atoms with Crippen molar-refractivity contribution in [3.8, 4) is 0 Å². The molecular weight excluding hydrogens is 244 g/mol. The van der Waals surface area contributed by atoms with Crippen molar-refractivity contribution in [3.05, 3.63) is 29.3 Å². The van der Waals surface area contributed by atoms with Crippen molar-refractivity contribution in [3.63, 3.8) is 0 Å². The molecule has 98 valence electrons. The maximum atomic E-state index is 9.37. The van der Waals surface area contributed by atoms with E-state index in [1.807, 2.05) is 25.1 Å². The molecule has 2 N–H and O–H groups in total. The molecule has 0 amide bonds. The van der Waals surface area contributed by atoms with E-state index in [2.05, 4.69) is 30.2 Å². The minimum Gasteiger partial charge on any atom is -0.393 e. The average molecular weight is 264 g/mol. The molecule has 0 radical (unpaired) electrons. The SMILES string of the molecule is CC(O)CC(C)NC(C)c1nc2ccccc2s1. The van der Waals surface area contributed by atoms with Gasteiger partial charge in [-0.2, -0.15) is 0 Å². The zero-order valence-electron chi connectivity index (χ0n) is 11.1. The summed E-state index contributed by atoms with van der Waals surface area (Å²) in [7, 11) is 0. The Hall–Kier alpha value is -0.970. The van der Waals surface area contributed by atoms with E-state index in [4.69, 9.17) is 0 Å². The molecule has 3 unspecified atom stereocenters. The summed E-state index contributed by atoms with van der Waals surface area (Å²) in [6.07, 6.45) is 0.491. The van der Waals surface area contributed by atoms with Crippen LogP contribution in [-0.2, 0) is 0 Å². The predicted octanol–water partition coefficient (Wildman–Crippen LogP) is 3.11. The van der Waals surface area contributed by atoms with Gasteiger partial charge in [0.05, 0.1) is 22.4 Å². The second-order valence-corrected chi connectivity index (χ2v) is 5.96. The minimum atomic E-state index is -0.268. The summed E-state index contributed by atoms with van der Waals surface area (Å²) in [5, 5.41) is 13.9. The van der Waals surface area contributed by atoms with Crippen LogP contribution in [0.3, 0.4) is 0 Å². The van der Waals surface area contributed by atoms with E-state index in [0.717, 1.165) is 16.9 Å². The van der Waals surface area contributed by atoms with Crippen molar-refractivity contribution >= 4 is 21.6 Å². The number of thiazole rings is 1. The largest absolute Gasteiger partial charge is 0.393 e. The van der Waals surface area contributed by atoms with E-state index in [-0.39, 0.29) is 18.2 Å². The molecule has 2 aromatic rings. The van der Waals surface area contributed by atoms with Gasteiger partial charge >= 0.3 is 0 Å². The van der Waals surface area contributed by atoms with Gasteiger partial charge in [0.25, 0.3) is 0 Å². The summed E-state index contributed by atoms with van der Waals surface area (Å²) in [6, 6.07) is 8.70. The average Bonchev–Trinajstić information content (AvgIpc) is 2.71. The number of rotatable bonds is 5. The van der Waals surface area contributed by atoms with Crippen molar-refractivity contribution in [2.45, 2.75) is 45.4 Å². The molecule has 18 heavy (non-hydrogen) atoms. The molecule has 1 aromatic carbocycles. The molecule has 3 atom stereocenters. The number of hydrogen-bond acceptors (Lipinski definition) is 4. The molecule has 0 aliphatic rings. The highest BCUT2D eigenvalue weighted by atomic mass is 32.1. The first kappa shape index (κ1) is 13.5. The number of hydrogen-bond donors (Lipinski definition) is 2. The topological polar surface area (TPSA) is 45.1 Å². The molecule has 2 rings (SSSR count). The van der Waals surface area contributed by atoms with E-state index < -0.39 is 0 Å². The summed E-state index contributed by atoms with van der Waals surface area (Å²) < 4.78 is 1.23. The highest BCUT2D eigenvalue weighted by Crippen LogP contribution is 2.26. The normalized spacial score (nSPS) is 16.7. The van der Waals surface area contributed by atoms with Crippen LogP contribution < -0.4 is 5.32 Å². The van der Waals surface area contributed by atoms with Gasteiger partial charge in [-0.15, -0.1) is 11.3 Å². The van der Waals surface area contributed by atoms with E-state index in [9.17, 15) is 5.11 Å².